The highest BCUT2D eigenvalue weighted by Gasteiger charge is 2.40. The molecule has 2 aromatic carbocycles. The summed E-state index contributed by atoms with van der Waals surface area (Å²) in [6.45, 7) is -0.140. The highest BCUT2D eigenvalue weighted by Crippen LogP contribution is 2.29. The van der Waals surface area contributed by atoms with Crippen LogP contribution in [0.2, 0.25) is 0 Å². The Morgan fingerprint density at radius 3 is 2.50 bits per heavy atom. The third-order valence-corrected chi connectivity index (χ3v) is 6.38. The van der Waals surface area contributed by atoms with Crippen molar-refractivity contribution in [2.45, 2.75) is 23.8 Å². The highest BCUT2D eigenvalue weighted by molar-refractivity contribution is 7.89. The molecule has 0 bridgehead atoms. The van der Waals surface area contributed by atoms with Crippen molar-refractivity contribution in [2.75, 3.05) is 13.2 Å². The van der Waals surface area contributed by atoms with Crippen LogP contribution in [0.3, 0.4) is 0 Å². The van der Waals surface area contributed by atoms with Gasteiger partial charge < -0.3 is 10.2 Å². The number of aliphatic carboxylic acids is 1. The zero-order valence-corrected chi connectivity index (χ0v) is 13.8. The molecule has 0 radical (unpaired) electrons. The molecule has 0 amide bonds. The number of hydrogen-bond acceptors (Lipinski definition) is 4. The molecule has 2 N–H and O–H groups in total. The molecular weight excluding hydrogens is 330 g/mol. The first-order valence-electron chi connectivity index (χ1n) is 7.78. The van der Waals surface area contributed by atoms with E-state index >= 15 is 0 Å². The SMILES string of the molecule is O=C(O)C1CCC(CO)CN1S(=O)(=O)c1ccc2ccccc2c1. The monoisotopic (exact) mass is 349 g/mol. The minimum absolute atomic E-state index is 0.0165. The fourth-order valence-electron chi connectivity index (χ4n) is 3.14. The number of aliphatic hydroxyl groups is 1. The molecule has 1 saturated heterocycles. The van der Waals surface area contributed by atoms with Crippen LogP contribution in [0.25, 0.3) is 10.8 Å². The molecular formula is C17H19NO5S. The van der Waals surface area contributed by atoms with E-state index in [0.29, 0.717) is 6.42 Å². The number of hydrogen-bond donors (Lipinski definition) is 2. The molecule has 128 valence electrons. The number of piperidine rings is 1. The predicted octanol–water partition coefficient (Wildman–Crippen LogP) is 1.69. The van der Waals surface area contributed by atoms with Gasteiger partial charge in [0, 0.05) is 13.2 Å². The number of aliphatic hydroxyl groups excluding tert-OH is 1. The maximum atomic E-state index is 13.0. The second-order valence-electron chi connectivity index (χ2n) is 6.06. The molecule has 7 heteroatoms. The van der Waals surface area contributed by atoms with Crippen LogP contribution in [0.5, 0.6) is 0 Å². The fraction of sp³-hybridized carbons (Fsp3) is 0.353. The number of benzene rings is 2. The lowest BCUT2D eigenvalue weighted by Crippen LogP contribution is -2.51. The first-order valence-corrected chi connectivity index (χ1v) is 9.22. The molecule has 24 heavy (non-hydrogen) atoms. The first-order chi connectivity index (χ1) is 11.4. The van der Waals surface area contributed by atoms with Crippen molar-refractivity contribution in [1.29, 1.82) is 0 Å². The van der Waals surface area contributed by atoms with Crippen LogP contribution in [0.1, 0.15) is 12.8 Å². The molecule has 1 aliphatic heterocycles. The lowest BCUT2D eigenvalue weighted by molar-refractivity contribution is -0.143. The number of carboxylic acid groups (broad SMARTS) is 1. The van der Waals surface area contributed by atoms with Gasteiger partial charge in [0.2, 0.25) is 10.0 Å². The smallest absolute Gasteiger partial charge is 0.322 e. The summed E-state index contributed by atoms with van der Waals surface area (Å²) in [7, 11) is -3.95. The van der Waals surface area contributed by atoms with Crippen LogP contribution in [0.4, 0.5) is 0 Å². The van der Waals surface area contributed by atoms with Crippen LogP contribution in [-0.2, 0) is 14.8 Å². The maximum absolute atomic E-state index is 13.0. The Bertz CT molecular complexity index is 864. The molecule has 0 saturated carbocycles. The van der Waals surface area contributed by atoms with Crippen LogP contribution < -0.4 is 0 Å². The van der Waals surface area contributed by atoms with Gasteiger partial charge in [0.1, 0.15) is 6.04 Å². The van der Waals surface area contributed by atoms with Crippen molar-refractivity contribution in [2.24, 2.45) is 5.92 Å². The second-order valence-corrected chi connectivity index (χ2v) is 7.95. The Morgan fingerprint density at radius 1 is 1.12 bits per heavy atom. The van der Waals surface area contributed by atoms with Crippen molar-refractivity contribution in [1.82, 2.24) is 4.31 Å². The van der Waals surface area contributed by atoms with E-state index in [2.05, 4.69) is 0 Å². The lowest BCUT2D eigenvalue weighted by Gasteiger charge is -2.35. The number of carbonyl (C=O) groups is 1. The van der Waals surface area contributed by atoms with Gasteiger partial charge in [-0.2, -0.15) is 4.31 Å². The van der Waals surface area contributed by atoms with Crippen molar-refractivity contribution in [3.05, 3.63) is 42.5 Å². The second kappa shape index (κ2) is 6.51. The normalized spacial score (nSPS) is 22.5. The van der Waals surface area contributed by atoms with E-state index in [-0.39, 0.29) is 30.4 Å². The summed E-state index contributed by atoms with van der Waals surface area (Å²) in [5, 5.41) is 20.4. The van der Waals surface area contributed by atoms with Gasteiger partial charge in [-0.15, -0.1) is 0 Å². The highest BCUT2D eigenvalue weighted by atomic mass is 32.2. The van der Waals surface area contributed by atoms with Crippen molar-refractivity contribution < 1.29 is 23.4 Å². The Kier molecular flexibility index (Phi) is 4.58. The number of carboxylic acids is 1. The third-order valence-electron chi connectivity index (χ3n) is 4.50. The molecule has 0 aliphatic carbocycles. The van der Waals surface area contributed by atoms with Crippen LogP contribution in [0.15, 0.2) is 47.4 Å². The van der Waals surface area contributed by atoms with E-state index in [1.54, 1.807) is 12.1 Å². The summed E-state index contributed by atoms with van der Waals surface area (Å²) in [6, 6.07) is 11.1. The molecule has 2 unspecified atom stereocenters. The van der Waals surface area contributed by atoms with Gasteiger partial charge in [-0.25, -0.2) is 8.42 Å². The van der Waals surface area contributed by atoms with Gasteiger partial charge >= 0.3 is 5.97 Å². The van der Waals surface area contributed by atoms with E-state index in [0.717, 1.165) is 15.1 Å². The summed E-state index contributed by atoms with van der Waals surface area (Å²) in [4.78, 5) is 11.6. The molecule has 1 aliphatic rings. The number of nitrogens with zero attached hydrogens (tertiary/aromatic N) is 1. The molecule has 2 aromatic rings. The molecule has 0 aromatic heterocycles. The third kappa shape index (κ3) is 3.02. The molecule has 6 nitrogen and oxygen atoms in total. The zero-order chi connectivity index (χ0) is 17.3. The van der Waals surface area contributed by atoms with Crippen molar-refractivity contribution in [3.8, 4) is 0 Å². The zero-order valence-electron chi connectivity index (χ0n) is 13.0. The average Bonchev–Trinajstić information content (AvgIpc) is 2.60. The maximum Gasteiger partial charge on any atom is 0.322 e. The van der Waals surface area contributed by atoms with E-state index in [4.69, 9.17) is 0 Å². The van der Waals surface area contributed by atoms with E-state index in [1.165, 1.54) is 6.07 Å². The van der Waals surface area contributed by atoms with Gasteiger partial charge in [0.25, 0.3) is 0 Å². The topological polar surface area (TPSA) is 94.9 Å². The molecule has 1 heterocycles. The van der Waals surface area contributed by atoms with Gasteiger partial charge in [0.05, 0.1) is 4.90 Å². The molecule has 3 rings (SSSR count). The largest absolute Gasteiger partial charge is 0.480 e. The van der Waals surface area contributed by atoms with Gasteiger partial charge in [-0.05, 0) is 41.7 Å². The number of sulfonamides is 1. The molecule has 2 atom stereocenters. The van der Waals surface area contributed by atoms with Crippen LogP contribution >= 0.6 is 0 Å². The van der Waals surface area contributed by atoms with E-state index in [1.807, 2.05) is 24.3 Å². The first kappa shape index (κ1) is 16.9. The number of fused-ring (bicyclic) bond motifs is 1. The molecule has 1 fully saturated rings. The summed E-state index contributed by atoms with van der Waals surface area (Å²) >= 11 is 0. The summed E-state index contributed by atoms with van der Waals surface area (Å²) in [5.74, 6) is -1.40. The standard InChI is InChI=1S/C17H19NO5S/c19-11-12-5-8-16(17(20)21)18(10-12)24(22,23)15-7-6-13-3-1-2-4-14(13)9-15/h1-4,6-7,9,12,16,19H,5,8,10-11H2,(H,20,21). The summed E-state index contributed by atoms with van der Waals surface area (Å²) in [5.41, 5.74) is 0. The summed E-state index contributed by atoms with van der Waals surface area (Å²) < 4.78 is 27.0. The minimum atomic E-state index is -3.95. The summed E-state index contributed by atoms with van der Waals surface area (Å²) in [6.07, 6.45) is 0.699. The van der Waals surface area contributed by atoms with Gasteiger partial charge in [-0.1, -0.05) is 30.3 Å². The van der Waals surface area contributed by atoms with Crippen molar-refractivity contribution in [3.63, 3.8) is 0 Å². The van der Waals surface area contributed by atoms with Crippen LogP contribution in [0, 0.1) is 5.92 Å². The Hall–Kier alpha value is -1.96. The Morgan fingerprint density at radius 2 is 1.83 bits per heavy atom. The Labute approximate surface area is 140 Å². The molecule has 0 spiro atoms. The Balaban J connectivity index is 2.03. The average molecular weight is 349 g/mol. The van der Waals surface area contributed by atoms with Crippen LogP contribution in [-0.4, -0.2) is 48.1 Å². The van der Waals surface area contributed by atoms with Crippen molar-refractivity contribution >= 4 is 26.8 Å². The minimum Gasteiger partial charge on any atom is -0.480 e. The predicted molar refractivity (Wildman–Crippen MR) is 89.1 cm³/mol. The quantitative estimate of drug-likeness (QED) is 0.876. The van der Waals surface area contributed by atoms with Gasteiger partial charge in [-0.3, -0.25) is 4.79 Å². The van der Waals surface area contributed by atoms with E-state index < -0.39 is 22.0 Å². The van der Waals surface area contributed by atoms with E-state index in [9.17, 15) is 23.4 Å². The lowest BCUT2D eigenvalue weighted by atomic mass is 9.95. The fourth-order valence-corrected chi connectivity index (χ4v) is 4.86. The van der Waals surface area contributed by atoms with Gasteiger partial charge in [0.15, 0.2) is 0 Å². The number of rotatable bonds is 4.